The van der Waals surface area contributed by atoms with Crippen LogP contribution in [0.4, 0.5) is 0 Å². The zero-order chi connectivity index (χ0) is 16.8. The van der Waals surface area contributed by atoms with Gasteiger partial charge in [0.05, 0.1) is 6.10 Å². The monoisotopic (exact) mass is 457 g/mol. The van der Waals surface area contributed by atoms with Crippen molar-refractivity contribution in [1.29, 1.82) is 0 Å². The highest BCUT2D eigenvalue weighted by molar-refractivity contribution is 14.0. The molecular weight excluding hydrogens is 425 g/mol. The van der Waals surface area contributed by atoms with Crippen molar-refractivity contribution < 1.29 is 4.74 Å². The maximum Gasteiger partial charge on any atom is 0.193 e. The Morgan fingerprint density at radius 2 is 2.04 bits per heavy atom. The van der Waals surface area contributed by atoms with Gasteiger partial charge in [-0.25, -0.2) is 0 Å². The minimum atomic E-state index is 0. The number of guanidine groups is 1. The van der Waals surface area contributed by atoms with Gasteiger partial charge in [0.2, 0.25) is 0 Å². The molecule has 0 saturated carbocycles. The van der Waals surface area contributed by atoms with Gasteiger partial charge in [0.25, 0.3) is 0 Å². The van der Waals surface area contributed by atoms with Crippen LogP contribution < -0.4 is 5.32 Å². The quantitative estimate of drug-likeness (QED) is 0.422. The van der Waals surface area contributed by atoms with Crippen LogP contribution in [0.5, 0.6) is 0 Å². The molecule has 4 nitrogen and oxygen atoms in total. The van der Waals surface area contributed by atoms with E-state index in [-0.39, 0.29) is 30.1 Å². The van der Waals surface area contributed by atoms with Gasteiger partial charge in [-0.15, -0.1) is 24.0 Å². The number of aliphatic imine (C=N–C) groups is 1. The molecule has 0 bridgehead atoms. The first-order valence-corrected chi connectivity index (χ1v) is 9.40. The van der Waals surface area contributed by atoms with Gasteiger partial charge in [-0.05, 0) is 37.2 Å². The summed E-state index contributed by atoms with van der Waals surface area (Å²) in [7, 11) is 1.90. The van der Waals surface area contributed by atoms with Crippen molar-refractivity contribution in [2.45, 2.75) is 38.7 Å². The van der Waals surface area contributed by atoms with Gasteiger partial charge in [-0.3, -0.25) is 4.99 Å². The number of likely N-dealkylation sites (tertiary alicyclic amines) is 1. The fourth-order valence-corrected chi connectivity index (χ4v) is 4.00. The Bertz CT molecular complexity index is 537. The number of hydrogen-bond acceptors (Lipinski definition) is 2. The summed E-state index contributed by atoms with van der Waals surface area (Å²) in [6, 6.07) is 10.6. The Balaban J connectivity index is 0.00000225. The number of rotatable bonds is 3. The van der Waals surface area contributed by atoms with E-state index in [9.17, 15) is 0 Å². The van der Waals surface area contributed by atoms with Gasteiger partial charge in [0, 0.05) is 39.2 Å². The van der Waals surface area contributed by atoms with Crippen LogP contribution in [0, 0.1) is 11.8 Å². The lowest BCUT2D eigenvalue weighted by molar-refractivity contribution is -0.0267. The first-order valence-electron chi connectivity index (χ1n) is 9.40. The van der Waals surface area contributed by atoms with Crippen molar-refractivity contribution in [3.8, 4) is 0 Å². The van der Waals surface area contributed by atoms with Crippen molar-refractivity contribution in [2.24, 2.45) is 16.8 Å². The van der Waals surface area contributed by atoms with Crippen LogP contribution in [-0.2, 0) is 4.74 Å². The Labute approximate surface area is 169 Å². The summed E-state index contributed by atoms with van der Waals surface area (Å²) in [6.45, 7) is 6.36. The second kappa shape index (κ2) is 10.4. The van der Waals surface area contributed by atoms with E-state index in [1.165, 1.54) is 24.8 Å². The molecule has 1 aromatic rings. The van der Waals surface area contributed by atoms with Crippen LogP contribution in [0.3, 0.4) is 0 Å². The lowest BCUT2D eigenvalue weighted by atomic mass is 9.89. The number of piperidine rings is 1. The first kappa shape index (κ1) is 20.5. The van der Waals surface area contributed by atoms with E-state index in [2.05, 4.69) is 52.5 Å². The molecule has 2 fully saturated rings. The third kappa shape index (κ3) is 5.58. The number of halogens is 1. The highest BCUT2D eigenvalue weighted by Crippen LogP contribution is 2.33. The number of benzene rings is 1. The summed E-state index contributed by atoms with van der Waals surface area (Å²) < 4.78 is 6.11. The topological polar surface area (TPSA) is 36.9 Å². The van der Waals surface area contributed by atoms with E-state index in [1.807, 2.05) is 7.05 Å². The van der Waals surface area contributed by atoms with Gasteiger partial charge in [-0.2, -0.15) is 0 Å². The van der Waals surface area contributed by atoms with Crippen LogP contribution in [-0.4, -0.2) is 44.1 Å². The minimum absolute atomic E-state index is 0. The summed E-state index contributed by atoms with van der Waals surface area (Å²) in [4.78, 5) is 6.93. The molecule has 0 aliphatic carbocycles. The second-order valence-electron chi connectivity index (χ2n) is 7.23. The van der Waals surface area contributed by atoms with E-state index in [4.69, 9.17) is 4.74 Å². The van der Waals surface area contributed by atoms with Crippen LogP contribution >= 0.6 is 24.0 Å². The SMILES string of the molecule is CN=C(NCC1CCCOC1c1ccccc1)N1CCCC(C)C1.I. The third-order valence-corrected chi connectivity index (χ3v) is 5.26. The van der Waals surface area contributed by atoms with Gasteiger partial charge in [0.1, 0.15) is 0 Å². The average Bonchev–Trinajstić information content (AvgIpc) is 2.63. The van der Waals surface area contributed by atoms with Crippen molar-refractivity contribution in [1.82, 2.24) is 10.2 Å². The Morgan fingerprint density at radius 3 is 2.76 bits per heavy atom. The fraction of sp³-hybridized carbons (Fsp3) is 0.650. The smallest absolute Gasteiger partial charge is 0.193 e. The van der Waals surface area contributed by atoms with E-state index in [0.29, 0.717) is 5.92 Å². The molecule has 3 atom stereocenters. The Kier molecular flexibility index (Phi) is 8.49. The van der Waals surface area contributed by atoms with Crippen LogP contribution in [0.2, 0.25) is 0 Å². The van der Waals surface area contributed by atoms with Gasteiger partial charge >= 0.3 is 0 Å². The summed E-state index contributed by atoms with van der Waals surface area (Å²) in [5.41, 5.74) is 1.30. The van der Waals surface area contributed by atoms with Crippen molar-refractivity contribution in [3.05, 3.63) is 35.9 Å². The molecule has 0 radical (unpaired) electrons. The average molecular weight is 457 g/mol. The van der Waals surface area contributed by atoms with Crippen LogP contribution in [0.15, 0.2) is 35.3 Å². The zero-order valence-electron chi connectivity index (χ0n) is 15.5. The molecule has 2 saturated heterocycles. The zero-order valence-corrected chi connectivity index (χ0v) is 17.8. The van der Waals surface area contributed by atoms with Gasteiger partial charge in [0.15, 0.2) is 5.96 Å². The second-order valence-corrected chi connectivity index (χ2v) is 7.23. The minimum Gasteiger partial charge on any atom is -0.373 e. The molecule has 1 N–H and O–H groups in total. The molecule has 2 aliphatic heterocycles. The Morgan fingerprint density at radius 1 is 1.24 bits per heavy atom. The standard InChI is InChI=1S/C20H31N3O.HI/c1-16-8-6-12-23(15-16)20(21-2)22-14-18-11-7-13-24-19(18)17-9-4-3-5-10-17;/h3-5,9-10,16,18-19H,6-8,11-15H2,1-2H3,(H,21,22);1H. The van der Waals surface area contributed by atoms with E-state index in [0.717, 1.165) is 44.5 Å². The van der Waals surface area contributed by atoms with Crippen molar-refractivity contribution in [2.75, 3.05) is 33.3 Å². The van der Waals surface area contributed by atoms with Crippen molar-refractivity contribution >= 4 is 29.9 Å². The Hall–Kier alpha value is -0.820. The molecule has 3 unspecified atom stereocenters. The molecule has 0 aromatic heterocycles. The summed E-state index contributed by atoms with van der Waals surface area (Å²) in [5.74, 6) is 2.31. The van der Waals surface area contributed by atoms with Gasteiger partial charge < -0.3 is 15.0 Å². The van der Waals surface area contributed by atoms with Crippen LogP contribution in [0.25, 0.3) is 0 Å². The summed E-state index contributed by atoms with van der Waals surface area (Å²) in [5, 5.41) is 3.63. The molecule has 140 valence electrons. The van der Waals surface area contributed by atoms with Crippen molar-refractivity contribution in [3.63, 3.8) is 0 Å². The molecule has 2 heterocycles. The lowest BCUT2D eigenvalue weighted by Gasteiger charge is -2.36. The van der Waals surface area contributed by atoms with Gasteiger partial charge in [-0.1, -0.05) is 37.3 Å². The van der Waals surface area contributed by atoms with E-state index < -0.39 is 0 Å². The largest absolute Gasteiger partial charge is 0.373 e. The first-order chi connectivity index (χ1) is 11.8. The lowest BCUT2D eigenvalue weighted by Crippen LogP contribution is -2.48. The fourth-order valence-electron chi connectivity index (χ4n) is 4.00. The molecule has 2 aliphatic rings. The molecule has 0 amide bonds. The molecule has 25 heavy (non-hydrogen) atoms. The molecule has 0 spiro atoms. The summed E-state index contributed by atoms with van der Waals surface area (Å²) in [6.07, 6.45) is 5.15. The molecular formula is C20H32IN3O. The van der Waals surface area contributed by atoms with E-state index in [1.54, 1.807) is 0 Å². The third-order valence-electron chi connectivity index (χ3n) is 5.26. The molecule has 1 aromatic carbocycles. The number of nitrogens with zero attached hydrogens (tertiary/aromatic N) is 2. The predicted octanol–water partition coefficient (Wildman–Crippen LogP) is 4.08. The normalized spacial score (nSPS) is 27.5. The highest BCUT2D eigenvalue weighted by atomic mass is 127. The summed E-state index contributed by atoms with van der Waals surface area (Å²) >= 11 is 0. The van der Waals surface area contributed by atoms with E-state index >= 15 is 0 Å². The highest BCUT2D eigenvalue weighted by Gasteiger charge is 2.28. The molecule has 5 heteroatoms. The number of nitrogens with one attached hydrogen (secondary N) is 1. The van der Waals surface area contributed by atoms with Crippen LogP contribution in [0.1, 0.15) is 44.3 Å². The number of ether oxygens (including phenoxy) is 1. The predicted molar refractivity (Wildman–Crippen MR) is 115 cm³/mol. The molecule has 3 rings (SSSR count). The number of hydrogen-bond donors (Lipinski definition) is 1. The maximum atomic E-state index is 6.11. The maximum absolute atomic E-state index is 6.11.